The molecular weight excluding hydrogens is 280 g/mol. The van der Waals surface area contributed by atoms with Crippen LogP contribution in [-0.4, -0.2) is 20.8 Å². The first-order chi connectivity index (χ1) is 10.2. The zero-order chi connectivity index (χ0) is 14.8. The minimum absolute atomic E-state index is 0.195. The smallest absolute Gasteiger partial charge is 0.115 e. The van der Waals surface area contributed by atoms with E-state index in [1.165, 1.54) is 29.1 Å². The Hall–Kier alpha value is -1.20. The number of nitrogens with zero attached hydrogens (tertiary/aromatic N) is 3. The van der Waals surface area contributed by atoms with Gasteiger partial charge >= 0.3 is 0 Å². The van der Waals surface area contributed by atoms with Gasteiger partial charge in [0.2, 0.25) is 0 Å². The fourth-order valence-electron chi connectivity index (χ4n) is 2.37. The van der Waals surface area contributed by atoms with E-state index in [1.807, 2.05) is 10.9 Å². The van der Waals surface area contributed by atoms with Gasteiger partial charge in [-0.3, -0.25) is 4.68 Å². The summed E-state index contributed by atoms with van der Waals surface area (Å²) in [5.41, 5.74) is 2.43. The lowest BCUT2D eigenvalue weighted by molar-refractivity contribution is 0.586. The number of hydrogen-bond acceptors (Lipinski definition) is 4. The third kappa shape index (κ3) is 3.52. The molecule has 1 aliphatic carbocycles. The summed E-state index contributed by atoms with van der Waals surface area (Å²) in [6, 6.07) is 0.844. The van der Waals surface area contributed by atoms with E-state index < -0.39 is 0 Å². The van der Waals surface area contributed by atoms with Crippen molar-refractivity contribution in [3.05, 3.63) is 34.0 Å². The maximum Gasteiger partial charge on any atom is 0.115 e. The Balaban J connectivity index is 1.84. The highest BCUT2D eigenvalue weighted by molar-refractivity contribution is 7.09. The van der Waals surface area contributed by atoms with Crippen molar-refractivity contribution in [2.45, 2.75) is 64.6 Å². The van der Waals surface area contributed by atoms with Crippen LogP contribution in [0.1, 0.15) is 68.3 Å². The first-order valence-electron chi connectivity index (χ1n) is 7.91. The Kier molecular flexibility index (Phi) is 4.40. The number of aryl methyl sites for hydroxylation is 1. The maximum absolute atomic E-state index is 4.84. The van der Waals surface area contributed by atoms with Gasteiger partial charge in [-0.25, -0.2) is 4.98 Å². The second-order valence-corrected chi connectivity index (χ2v) is 7.07. The van der Waals surface area contributed by atoms with Crippen molar-refractivity contribution < 1.29 is 0 Å². The molecule has 2 aromatic heterocycles. The van der Waals surface area contributed by atoms with Crippen LogP contribution in [0.15, 0.2) is 17.8 Å². The molecular formula is C16H24N4S. The fraction of sp³-hybridized carbons (Fsp3) is 0.625. The number of aromatic nitrogens is 3. The monoisotopic (exact) mass is 304 g/mol. The summed E-state index contributed by atoms with van der Waals surface area (Å²) >= 11 is 1.76. The molecule has 2 heterocycles. The average Bonchev–Trinajstić information content (AvgIpc) is 2.97. The third-order valence-corrected chi connectivity index (χ3v) is 4.72. The van der Waals surface area contributed by atoms with Crippen molar-refractivity contribution in [1.82, 2.24) is 20.1 Å². The van der Waals surface area contributed by atoms with Crippen LogP contribution in [0.2, 0.25) is 0 Å². The molecule has 2 aromatic rings. The summed E-state index contributed by atoms with van der Waals surface area (Å²) in [5, 5.41) is 11.6. The first-order valence-corrected chi connectivity index (χ1v) is 8.79. The molecule has 0 amide bonds. The van der Waals surface area contributed by atoms with E-state index in [-0.39, 0.29) is 6.04 Å². The molecule has 0 spiro atoms. The van der Waals surface area contributed by atoms with E-state index in [1.54, 1.807) is 11.3 Å². The van der Waals surface area contributed by atoms with E-state index in [0.29, 0.717) is 12.0 Å². The Morgan fingerprint density at radius 3 is 2.86 bits per heavy atom. The molecule has 1 atom stereocenters. The molecule has 1 N–H and O–H groups in total. The van der Waals surface area contributed by atoms with Crippen molar-refractivity contribution in [2.75, 3.05) is 0 Å². The average molecular weight is 304 g/mol. The highest BCUT2D eigenvalue weighted by atomic mass is 32.1. The van der Waals surface area contributed by atoms with Crippen LogP contribution in [-0.2, 0) is 6.54 Å². The fourth-order valence-corrected chi connectivity index (χ4v) is 3.44. The van der Waals surface area contributed by atoms with E-state index in [2.05, 4.69) is 42.8 Å². The third-order valence-electron chi connectivity index (χ3n) is 3.80. The number of nitrogens with one attached hydrogen (secondary N) is 1. The minimum Gasteiger partial charge on any atom is -0.301 e. The summed E-state index contributed by atoms with van der Waals surface area (Å²) in [6.07, 6.45) is 7.83. The summed E-state index contributed by atoms with van der Waals surface area (Å²) in [4.78, 5) is 4.84. The molecule has 0 aromatic carbocycles. The van der Waals surface area contributed by atoms with Gasteiger partial charge in [-0.2, -0.15) is 5.10 Å². The number of rotatable bonds is 7. The van der Waals surface area contributed by atoms with Crippen LogP contribution >= 0.6 is 11.3 Å². The van der Waals surface area contributed by atoms with Gasteiger partial charge in [0.1, 0.15) is 5.01 Å². The zero-order valence-electron chi connectivity index (χ0n) is 13.0. The molecule has 5 heteroatoms. The van der Waals surface area contributed by atoms with Crippen LogP contribution in [0.3, 0.4) is 0 Å². The van der Waals surface area contributed by atoms with Crippen LogP contribution in [0.5, 0.6) is 0 Å². The van der Waals surface area contributed by atoms with Gasteiger partial charge in [0.15, 0.2) is 0 Å². The summed E-state index contributed by atoms with van der Waals surface area (Å²) in [5.74, 6) is 0.486. The Morgan fingerprint density at radius 1 is 1.43 bits per heavy atom. The highest BCUT2D eigenvalue weighted by Gasteiger charge is 2.28. The Morgan fingerprint density at radius 2 is 2.24 bits per heavy atom. The Labute approximate surface area is 130 Å². The Bertz CT molecular complexity index is 583. The highest BCUT2D eigenvalue weighted by Crippen LogP contribution is 2.31. The maximum atomic E-state index is 4.84. The van der Waals surface area contributed by atoms with Crippen molar-refractivity contribution in [3.8, 4) is 0 Å². The topological polar surface area (TPSA) is 42.7 Å². The molecule has 1 fully saturated rings. The van der Waals surface area contributed by atoms with E-state index in [0.717, 1.165) is 13.0 Å². The van der Waals surface area contributed by atoms with Gasteiger partial charge < -0.3 is 5.32 Å². The largest absolute Gasteiger partial charge is 0.301 e. The summed E-state index contributed by atoms with van der Waals surface area (Å²) in [6.45, 7) is 7.55. The van der Waals surface area contributed by atoms with Gasteiger partial charge in [0.25, 0.3) is 0 Å². The molecule has 3 rings (SSSR count). The predicted octanol–water partition coefficient (Wildman–Crippen LogP) is 3.71. The van der Waals surface area contributed by atoms with Crippen molar-refractivity contribution in [2.24, 2.45) is 0 Å². The molecule has 1 unspecified atom stereocenters. The molecule has 0 bridgehead atoms. The molecule has 0 saturated heterocycles. The zero-order valence-corrected chi connectivity index (χ0v) is 13.9. The molecule has 4 nitrogen and oxygen atoms in total. The standard InChI is InChI=1S/C16H24N4S/c1-4-7-20-9-12(8-17-20)15(18-13-5-6-13)16-19-14(10-21-16)11(2)3/h8-11,13,15,18H,4-7H2,1-3H3. The van der Waals surface area contributed by atoms with Gasteiger partial charge in [-0.1, -0.05) is 20.8 Å². The number of hydrogen-bond donors (Lipinski definition) is 1. The summed E-state index contributed by atoms with van der Waals surface area (Å²) in [7, 11) is 0. The SMILES string of the molecule is CCCn1cc(C(NC2CC2)c2nc(C(C)C)cs2)cn1. The summed E-state index contributed by atoms with van der Waals surface area (Å²) < 4.78 is 2.04. The van der Waals surface area contributed by atoms with Crippen molar-refractivity contribution in [1.29, 1.82) is 0 Å². The van der Waals surface area contributed by atoms with E-state index in [9.17, 15) is 0 Å². The van der Waals surface area contributed by atoms with Crippen LogP contribution < -0.4 is 5.32 Å². The second kappa shape index (κ2) is 6.28. The van der Waals surface area contributed by atoms with E-state index >= 15 is 0 Å². The van der Waals surface area contributed by atoms with Gasteiger partial charge in [-0.15, -0.1) is 11.3 Å². The van der Waals surface area contributed by atoms with Crippen molar-refractivity contribution >= 4 is 11.3 Å². The molecule has 0 radical (unpaired) electrons. The predicted molar refractivity (Wildman–Crippen MR) is 86.7 cm³/mol. The van der Waals surface area contributed by atoms with Crippen molar-refractivity contribution in [3.63, 3.8) is 0 Å². The van der Waals surface area contributed by atoms with Gasteiger partial charge in [0, 0.05) is 29.7 Å². The lowest BCUT2D eigenvalue weighted by atomic mass is 10.1. The normalized spacial score (nSPS) is 16.6. The quantitative estimate of drug-likeness (QED) is 0.848. The van der Waals surface area contributed by atoms with E-state index in [4.69, 9.17) is 4.98 Å². The molecule has 21 heavy (non-hydrogen) atoms. The molecule has 1 aliphatic rings. The molecule has 0 aliphatic heterocycles. The van der Waals surface area contributed by atoms with Gasteiger partial charge in [-0.05, 0) is 25.2 Å². The molecule has 1 saturated carbocycles. The number of thiazole rings is 1. The lowest BCUT2D eigenvalue weighted by Crippen LogP contribution is -2.24. The minimum atomic E-state index is 0.195. The van der Waals surface area contributed by atoms with Gasteiger partial charge in [0.05, 0.1) is 17.9 Å². The first kappa shape index (κ1) is 14.7. The van der Waals surface area contributed by atoms with Crippen LogP contribution in [0.25, 0.3) is 0 Å². The van der Waals surface area contributed by atoms with Crippen LogP contribution in [0, 0.1) is 0 Å². The van der Waals surface area contributed by atoms with Crippen LogP contribution in [0.4, 0.5) is 0 Å². The molecule has 114 valence electrons. The lowest BCUT2D eigenvalue weighted by Gasteiger charge is -2.14. The second-order valence-electron chi connectivity index (χ2n) is 6.18.